The van der Waals surface area contributed by atoms with Crippen LogP contribution >= 0.6 is 0 Å². The van der Waals surface area contributed by atoms with Crippen LogP contribution in [0.2, 0.25) is 6.55 Å². The molecule has 0 amide bonds. The minimum absolute atomic E-state index is 0.976. The molecule has 3 aromatic carbocycles. The number of hydrogen-bond donors (Lipinski definition) is 0. The molecule has 0 aliphatic rings. The van der Waals surface area contributed by atoms with Gasteiger partial charge >= 0.3 is 0 Å². The number of benzene rings is 3. The fraction of sp³-hybridized carbons (Fsp3) is 0.357. The van der Waals surface area contributed by atoms with E-state index in [1.54, 1.807) is 42.7 Å². The second-order valence-corrected chi connectivity index (χ2v) is 22.6. The molecule has 3 aromatic rings. The van der Waals surface area contributed by atoms with E-state index in [9.17, 15) is 0 Å². The second kappa shape index (κ2) is 13.6. The van der Waals surface area contributed by atoms with Crippen molar-refractivity contribution in [3.8, 4) is 0 Å². The zero-order valence-corrected chi connectivity index (χ0v) is 29.0. The number of rotatable bonds is 15. The van der Waals surface area contributed by atoms with Crippen molar-refractivity contribution in [2.24, 2.45) is 0 Å². The molecule has 0 aliphatic heterocycles. The summed E-state index contributed by atoms with van der Waals surface area (Å²) in [6.45, 7) is 2.25. The molecule has 0 heterocycles. The van der Waals surface area contributed by atoms with Crippen molar-refractivity contribution >= 4 is 52.2 Å². The Balaban J connectivity index is 2.37. The number of methoxy groups -OCH3 is 6. The molecule has 0 bridgehead atoms. The molecule has 0 saturated heterocycles. The van der Waals surface area contributed by atoms with Gasteiger partial charge in [0.05, 0.1) is 0 Å². The molecule has 0 saturated carbocycles. The first-order valence-electron chi connectivity index (χ1n) is 12.8. The summed E-state index contributed by atoms with van der Waals surface area (Å²) < 4.78 is 39.5. The van der Waals surface area contributed by atoms with Crippen LogP contribution in [-0.2, 0) is 28.4 Å². The van der Waals surface area contributed by atoms with Crippen LogP contribution in [0.3, 0.4) is 0 Å². The van der Waals surface area contributed by atoms with Gasteiger partial charge in [0.15, 0.2) is 0 Å². The van der Waals surface area contributed by atoms with Gasteiger partial charge in [-0.25, -0.2) is 0 Å². The summed E-state index contributed by atoms with van der Waals surface area (Å²) in [6, 6.07) is 31.4. The van der Waals surface area contributed by atoms with Crippen molar-refractivity contribution in [2.45, 2.75) is 21.6 Å². The molecule has 0 radical (unpaired) electrons. The zero-order chi connectivity index (χ0) is 27.7. The number of ether oxygens (including phenoxy) is 6. The normalized spacial score (nSPS) is 15.2. The highest BCUT2D eigenvalue weighted by Gasteiger charge is 2.75. The van der Waals surface area contributed by atoms with Gasteiger partial charge in [-0.1, -0.05) is 113 Å². The first-order valence-corrected chi connectivity index (χ1v) is 19.5. The van der Waals surface area contributed by atoms with Crippen LogP contribution in [0.4, 0.5) is 0 Å². The van der Waals surface area contributed by atoms with E-state index in [1.807, 2.05) is 18.2 Å². The topological polar surface area (TPSA) is 55.4 Å². The average Bonchev–Trinajstić information content (AvgIpc) is 2.98. The molecule has 0 fully saturated rings. The Morgan fingerprint density at radius 1 is 0.421 bits per heavy atom. The largest absolute Gasteiger partial charge is 0.360 e. The standard InChI is InChI=1S/C28H42O6Si4/c1-29-26(30-2,35-23-17-11-8-12-18-23)38(7,27(31-3,32-4)36-24-19-13-9-14-20-24)28(33-5,34-6)37-25-21-15-10-16-22-25/h8-22H,35-37H2,1-7H3. The highest BCUT2D eigenvalue weighted by Crippen LogP contribution is 2.45. The minimum Gasteiger partial charge on any atom is -0.360 e. The minimum atomic E-state index is -3.29. The Bertz CT molecular complexity index is 953. The van der Waals surface area contributed by atoms with Gasteiger partial charge in [-0.3, -0.25) is 0 Å². The maximum atomic E-state index is 6.58. The Morgan fingerprint density at radius 2 is 0.632 bits per heavy atom. The third kappa shape index (κ3) is 5.61. The summed E-state index contributed by atoms with van der Waals surface area (Å²) in [5.74, 6) is 0. The first-order chi connectivity index (χ1) is 18.3. The van der Waals surface area contributed by atoms with Crippen molar-refractivity contribution in [3.05, 3.63) is 91.0 Å². The van der Waals surface area contributed by atoms with Crippen LogP contribution in [0.15, 0.2) is 91.0 Å². The summed E-state index contributed by atoms with van der Waals surface area (Å²) >= 11 is 0. The van der Waals surface area contributed by atoms with E-state index in [2.05, 4.69) is 79.3 Å². The summed E-state index contributed by atoms with van der Waals surface area (Å²) in [4.78, 5) is 0. The molecule has 0 aliphatic carbocycles. The van der Waals surface area contributed by atoms with E-state index >= 15 is 0 Å². The molecular formula is C28H42O6Si4. The van der Waals surface area contributed by atoms with Crippen molar-refractivity contribution in [2.75, 3.05) is 42.7 Å². The van der Waals surface area contributed by atoms with Crippen LogP contribution in [-0.4, -0.2) is 94.4 Å². The Kier molecular flexibility index (Phi) is 11.0. The maximum Gasteiger partial charge on any atom is 0.241 e. The lowest BCUT2D eigenvalue weighted by Gasteiger charge is -2.60. The molecule has 0 unspecified atom stereocenters. The molecule has 6 nitrogen and oxygen atoms in total. The molecule has 206 valence electrons. The molecule has 0 aromatic heterocycles. The van der Waals surface area contributed by atoms with Crippen LogP contribution in [0.1, 0.15) is 0 Å². The van der Waals surface area contributed by atoms with Gasteiger partial charge in [0.2, 0.25) is 8.07 Å². The predicted octanol–water partition coefficient (Wildman–Crippen LogP) is 0.00530. The number of hydrogen-bond acceptors (Lipinski definition) is 6. The second-order valence-electron chi connectivity index (χ2n) is 9.60. The summed E-state index contributed by atoms with van der Waals surface area (Å²) in [5, 5.41) is 0.738. The van der Waals surface area contributed by atoms with Crippen LogP contribution < -0.4 is 15.6 Å². The first kappa shape index (κ1) is 30.8. The maximum absolute atomic E-state index is 6.58. The van der Waals surface area contributed by atoms with Crippen LogP contribution in [0, 0.1) is 0 Å². The molecule has 10 heteroatoms. The van der Waals surface area contributed by atoms with Crippen molar-refractivity contribution in [3.63, 3.8) is 0 Å². The van der Waals surface area contributed by atoms with E-state index < -0.39 is 51.7 Å². The van der Waals surface area contributed by atoms with Crippen LogP contribution in [0.25, 0.3) is 0 Å². The van der Waals surface area contributed by atoms with E-state index in [0.717, 1.165) is 0 Å². The van der Waals surface area contributed by atoms with Gasteiger partial charge in [0.1, 0.15) is 43.7 Å². The van der Waals surface area contributed by atoms with Crippen molar-refractivity contribution in [1.82, 2.24) is 0 Å². The average molecular weight is 587 g/mol. The quantitative estimate of drug-likeness (QED) is 0.185. The summed E-state index contributed by atoms with van der Waals surface area (Å²) in [5.41, 5.74) is 0. The molecule has 3 rings (SSSR count). The highest BCUT2D eigenvalue weighted by molar-refractivity contribution is 7.05. The molecule has 0 N–H and O–H groups in total. The lowest BCUT2D eigenvalue weighted by Crippen LogP contribution is -2.89. The van der Waals surface area contributed by atoms with Gasteiger partial charge < -0.3 is 28.4 Å². The van der Waals surface area contributed by atoms with Gasteiger partial charge in [-0.05, 0) is 0 Å². The van der Waals surface area contributed by atoms with E-state index in [0.29, 0.717) is 0 Å². The van der Waals surface area contributed by atoms with Gasteiger partial charge in [-0.2, -0.15) is 0 Å². The lowest BCUT2D eigenvalue weighted by molar-refractivity contribution is -0.170. The van der Waals surface area contributed by atoms with Crippen molar-refractivity contribution < 1.29 is 28.4 Å². The van der Waals surface area contributed by atoms with Gasteiger partial charge in [-0.15, -0.1) is 0 Å². The summed E-state index contributed by atoms with van der Waals surface area (Å²) in [6.07, 6.45) is 0. The Labute approximate surface area is 235 Å². The smallest absolute Gasteiger partial charge is 0.241 e. The van der Waals surface area contributed by atoms with E-state index in [-0.39, 0.29) is 0 Å². The lowest BCUT2D eigenvalue weighted by atomic mass is 10.4. The van der Waals surface area contributed by atoms with E-state index in [4.69, 9.17) is 28.4 Å². The van der Waals surface area contributed by atoms with Gasteiger partial charge in [0, 0.05) is 42.7 Å². The van der Waals surface area contributed by atoms with Crippen LogP contribution in [0.5, 0.6) is 0 Å². The van der Waals surface area contributed by atoms with E-state index in [1.165, 1.54) is 15.6 Å². The fourth-order valence-electron chi connectivity index (χ4n) is 5.90. The fourth-order valence-corrected chi connectivity index (χ4v) is 27.3. The predicted molar refractivity (Wildman–Crippen MR) is 166 cm³/mol. The summed E-state index contributed by atoms with van der Waals surface area (Å²) in [7, 11) is 3.44. The SMILES string of the molecule is COC(OC)([SiH2]c1ccccc1)[Si](C)(C(OC)(OC)[SiH2]c1ccccc1)C(OC)(OC)[SiH2]c1ccccc1. The Morgan fingerprint density at radius 3 is 0.816 bits per heavy atom. The third-order valence-corrected chi connectivity index (χ3v) is 27.6. The molecule has 0 atom stereocenters. The third-order valence-electron chi connectivity index (χ3n) is 8.10. The monoisotopic (exact) mass is 586 g/mol. The molecular weight excluding hydrogens is 545 g/mol. The molecule has 0 spiro atoms. The van der Waals surface area contributed by atoms with Gasteiger partial charge in [0.25, 0.3) is 0 Å². The zero-order valence-electron chi connectivity index (χ0n) is 23.7. The Hall–Kier alpha value is -1.71. The highest BCUT2D eigenvalue weighted by atomic mass is 28.4. The van der Waals surface area contributed by atoms with Crippen molar-refractivity contribution in [1.29, 1.82) is 0 Å². The molecule has 38 heavy (non-hydrogen) atoms.